The number of nitrogens with one attached hydrogen (secondary N) is 3. The molecule has 39 heavy (non-hydrogen) atoms. The fraction of sp³-hybridized carbons (Fsp3) is 0.364. The zero-order valence-corrected chi connectivity index (χ0v) is 23.4. The summed E-state index contributed by atoms with van der Waals surface area (Å²) in [4.78, 5) is 21.8. The molecule has 0 spiro atoms. The lowest BCUT2D eigenvalue weighted by Gasteiger charge is -2.35. The van der Waals surface area contributed by atoms with E-state index in [9.17, 15) is 4.79 Å². The van der Waals surface area contributed by atoms with Crippen molar-refractivity contribution in [1.29, 1.82) is 0 Å². The van der Waals surface area contributed by atoms with Crippen molar-refractivity contribution >= 4 is 28.2 Å². The Kier molecular flexibility index (Phi) is 8.64. The van der Waals surface area contributed by atoms with Crippen LogP contribution in [0.2, 0.25) is 0 Å². The van der Waals surface area contributed by atoms with E-state index in [1.165, 1.54) is 22.2 Å². The van der Waals surface area contributed by atoms with Crippen LogP contribution in [0.1, 0.15) is 36.8 Å². The largest absolute Gasteiger partial charge is 0.372 e. The molecule has 0 bridgehead atoms. The van der Waals surface area contributed by atoms with Crippen LogP contribution in [0.5, 0.6) is 0 Å². The maximum absolute atomic E-state index is 13.8. The predicted molar refractivity (Wildman–Crippen MR) is 162 cm³/mol. The van der Waals surface area contributed by atoms with E-state index in [1.54, 1.807) is 0 Å². The Labute approximate surface area is 232 Å². The number of hydrogen-bond donors (Lipinski definition) is 3. The Morgan fingerprint density at radius 3 is 2.51 bits per heavy atom. The highest BCUT2D eigenvalue weighted by Crippen LogP contribution is 2.29. The third-order valence-electron chi connectivity index (χ3n) is 7.95. The standard InChI is InChI=1S/C33H41N5O/c1-24(30-22-34-31-15-8-7-14-29(30)31)32(33(39)36-27-11-9-10-26(20-27)23-37(2)3)35-21-25-16-18-38(19-17-25)28-12-5-4-6-13-28/h4-15,20,22,24-25,32,34-35H,16-19,21,23H2,1-3H3,(H,36,39). The van der Waals surface area contributed by atoms with Gasteiger partial charge in [0.2, 0.25) is 5.91 Å². The minimum atomic E-state index is -0.353. The summed E-state index contributed by atoms with van der Waals surface area (Å²) < 4.78 is 0. The van der Waals surface area contributed by atoms with Crippen molar-refractivity contribution in [3.8, 4) is 0 Å². The van der Waals surface area contributed by atoms with E-state index in [-0.39, 0.29) is 17.9 Å². The van der Waals surface area contributed by atoms with Gasteiger partial charge >= 0.3 is 0 Å². The van der Waals surface area contributed by atoms with Gasteiger partial charge in [0.05, 0.1) is 6.04 Å². The number of H-pyrrole nitrogens is 1. The van der Waals surface area contributed by atoms with Crippen LogP contribution in [0.4, 0.5) is 11.4 Å². The molecule has 2 atom stereocenters. The normalized spacial score (nSPS) is 15.9. The summed E-state index contributed by atoms with van der Waals surface area (Å²) in [5.74, 6) is 0.547. The van der Waals surface area contributed by atoms with Crippen molar-refractivity contribution in [3.63, 3.8) is 0 Å². The molecule has 5 rings (SSSR count). The number of benzene rings is 3. The summed E-state index contributed by atoms with van der Waals surface area (Å²) in [7, 11) is 4.11. The topological polar surface area (TPSA) is 63.4 Å². The lowest BCUT2D eigenvalue weighted by atomic mass is 9.90. The monoisotopic (exact) mass is 523 g/mol. The molecule has 6 nitrogen and oxygen atoms in total. The molecular formula is C33H41N5O. The first-order valence-corrected chi connectivity index (χ1v) is 14.1. The molecule has 3 aromatic carbocycles. The van der Waals surface area contributed by atoms with Gasteiger partial charge in [-0.15, -0.1) is 0 Å². The number of para-hydroxylation sites is 2. The van der Waals surface area contributed by atoms with Crippen LogP contribution in [0.3, 0.4) is 0 Å². The molecule has 1 fully saturated rings. The van der Waals surface area contributed by atoms with Gasteiger partial charge in [-0.3, -0.25) is 4.79 Å². The van der Waals surface area contributed by atoms with Crippen LogP contribution in [0, 0.1) is 5.92 Å². The van der Waals surface area contributed by atoms with Gasteiger partial charge in [-0.2, -0.15) is 0 Å². The van der Waals surface area contributed by atoms with Crippen molar-refractivity contribution in [2.75, 3.05) is 43.9 Å². The van der Waals surface area contributed by atoms with E-state index < -0.39 is 0 Å². The number of carbonyl (C=O) groups is 1. The smallest absolute Gasteiger partial charge is 0.242 e. The second-order valence-corrected chi connectivity index (χ2v) is 11.2. The molecule has 3 N–H and O–H groups in total. The average Bonchev–Trinajstić information content (AvgIpc) is 3.38. The molecule has 1 aliphatic rings. The lowest BCUT2D eigenvalue weighted by Crippen LogP contribution is -2.47. The van der Waals surface area contributed by atoms with Crippen molar-refractivity contribution in [2.45, 2.75) is 38.3 Å². The summed E-state index contributed by atoms with van der Waals surface area (Å²) in [6.45, 7) is 5.91. The van der Waals surface area contributed by atoms with Crippen LogP contribution in [-0.2, 0) is 11.3 Å². The van der Waals surface area contributed by atoms with Crippen molar-refractivity contribution < 1.29 is 4.79 Å². The Morgan fingerprint density at radius 1 is 1.00 bits per heavy atom. The van der Waals surface area contributed by atoms with Gasteiger partial charge in [0.15, 0.2) is 0 Å². The third-order valence-corrected chi connectivity index (χ3v) is 7.95. The van der Waals surface area contributed by atoms with Crippen molar-refractivity contribution in [1.82, 2.24) is 15.2 Å². The molecule has 6 heteroatoms. The minimum Gasteiger partial charge on any atom is -0.372 e. The number of nitrogens with zero attached hydrogens (tertiary/aromatic N) is 2. The maximum atomic E-state index is 13.8. The zero-order chi connectivity index (χ0) is 27.2. The number of hydrogen-bond acceptors (Lipinski definition) is 4. The van der Waals surface area contributed by atoms with Crippen LogP contribution < -0.4 is 15.5 Å². The summed E-state index contributed by atoms with van der Waals surface area (Å²) in [6.07, 6.45) is 4.29. The van der Waals surface area contributed by atoms with Gasteiger partial charge in [-0.1, -0.05) is 55.5 Å². The zero-order valence-electron chi connectivity index (χ0n) is 23.4. The molecule has 0 radical (unpaired) electrons. The van der Waals surface area contributed by atoms with Gasteiger partial charge in [0, 0.05) is 54.0 Å². The highest BCUT2D eigenvalue weighted by atomic mass is 16.2. The second kappa shape index (κ2) is 12.5. The van der Waals surface area contributed by atoms with Crippen LogP contribution in [-0.4, -0.2) is 55.6 Å². The van der Waals surface area contributed by atoms with E-state index >= 15 is 0 Å². The Bertz CT molecular complexity index is 1360. The molecule has 2 unspecified atom stereocenters. The summed E-state index contributed by atoms with van der Waals surface area (Å²) in [5.41, 5.74) is 5.58. The second-order valence-electron chi connectivity index (χ2n) is 11.2. The fourth-order valence-electron chi connectivity index (χ4n) is 5.81. The van der Waals surface area contributed by atoms with E-state index in [2.05, 4.69) is 113 Å². The molecule has 1 saturated heterocycles. The first kappa shape index (κ1) is 27.0. The number of anilines is 2. The molecule has 2 heterocycles. The number of carbonyl (C=O) groups excluding carboxylic acids is 1. The molecule has 1 aliphatic heterocycles. The predicted octanol–water partition coefficient (Wildman–Crippen LogP) is 5.85. The maximum Gasteiger partial charge on any atom is 0.242 e. The van der Waals surface area contributed by atoms with Crippen LogP contribution >= 0.6 is 0 Å². The Balaban J connectivity index is 1.30. The lowest BCUT2D eigenvalue weighted by molar-refractivity contribution is -0.118. The quantitative estimate of drug-likeness (QED) is 0.244. The van der Waals surface area contributed by atoms with Crippen molar-refractivity contribution in [3.05, 3.63) is 96.2 Å². The number of aromatic nitrogens is 1. The average molecular weight is 524 g/mol. The number of aromatic amines is 1. The van der Waals surface area contributed by atoms with Gasteiger partial charge in [0.25, 0.3) is 0 Å². The Hall–Kier alpha value is -3.61. The fourth-order valence-corrected chi connectivity index (χ4v) is 5.81. The van der Waals surface area contributed by atoms with Crippen LogP contribution in [0.25, 0.3) is 10.9 Å². The van der Waals surface area contributed by atoms with Crippen molar-refractivity contribution in [2.24, 2.45) is 5.92 Å². The highest BCUT2D eigenvalue weighted by molar-refractivity contribution is 5.96. The molecule has 204 valence electrons. The highest BCUT2D eigenvalue weighted by Gasteiger charge is 2.29. The van der Waals surface area contributed by atoms with E-state index in [0.29, 0.717) is 5.92 Å². The SMILES string of the molecule is CC(c1c[nH]c2ccccc12)C(NCC1CCN(c2ccccc2)CC1)C(=O)Nc1cccc(CN(C)C)c1. The first-order valence-electron chi connectivity index (χ1n) is 14.1. The van der Waals surface area contributed by atoms with E-state index in [1.807, 2.05) is 18.2 Å². The molecule has 0 aliphatic carbocycles. The molecule has 1 amide bonds. The van der Waals surface area contributed by atoms with Crippen LogP contribution in [0.15, 0.2) is 85.1 Å². The number of piperidine rings is 1. The molecular weight excluding hydrogens is 482 g/mol. The number of amides is 1. The summed E-state index contributed by atoms with van der Waals surface area (Å²) in [5, 5.41) is 8.11. The van der Waals surface area contributed by atoms with Gasteiger partial charge in [-0.25, -0.2) is 0 Å². The Morgan fingerprint density at radius 2 is 1.74 bits per heavy atom. The minimum absolute atomic E-state index is 0.00415. The van der Waals surface area contributed by atoms with Gasteiger partial charge in [-0.05, 0) is 80.9 Å². The number of fused-ring (bicyclic) bond motifs is 1. The summed E-state index contributed by atoms with van der Waals surface area (Å²) in [6, 6.07) is 26.8. The first-order chi connectivity index (χ1) is 19.0. The molecule has 0 saturated carbocycles. The molecule has 1 aromatic heterocycles. The van der Waals surface area contributed by atoms with E-state index in [4.69, 9.17) is 0 Å². The van der Waals surface area contributed by atoms with E-state index in [0.717, 1.165) is 50.2 Å². The summed E-state index contributed by atoms with van der Waals surface area (Å²) >= 11 is 0. The van der Waals surface area contributed by atoms with Gasteiger partial charge in [0.1, 0.15) is 0 Å². The number of rotatable bonds is 10. The third kappa shape index (κ3) is 6.70. The molecule has 4 aromatic rings. The van der Waals surface area contributed by atoms with Gasteiger partial charge < -0.3 is 25.4 Å².